The van der Waals surface area contributed by atoms with Crippen LogP contribution in [0.4, 0.5) is 8.78 Å². The van der Waals surface area contributed by atoms with Crippen LogP contribution in [0, 0.1) is 11.6 Å². The van der Waals surface area contributed by atoms with Crippen molar-refractivity contribution in [3.63, 3.8) is 0 Å². The van der Waals surface area contributed by atoms with E-state index in [0.717, 1.165) is 5.56 Å². The molecule has 186 valence electrons. The largest absolute Gasteiger partial charge is 0.347 e. The van der Waals surface area contributed by atoms with E-state index >= 15 is 0 Å². The van der Waals surface area contributed by atoms with Gasteiger partial charge >= 0.3 is 0 Å². The summed E-state index contributed by atoms with van der Waals surface area (Å²) >= 11 is 9.06. The van der Waals surface area contributed by atoms with Crippen molar-refractivity contribution in [1.82, 2.24) is 25.1 Å². The van der Waals surface area contributed by atoms with Crippen molar-refractivity contribution in [2.45, 2.75) is 17.5 Å². The summed E-state index contributed by atoms with van der Waals surface area (Å²) in [6.45, 7) is 0.261. The lowest BCUT2D eigenvalue weighted by atomic mass is 10.2. The second-order valence-corrected chi connectivity index (χ2v) is 10.1. The number of para-hydroxylation sites is 1. The van der Waals surface area contributed by atoms with Crippen LogP contribution in [-0.4, -0.2) is 25.7 Å². The second kappa shape index (κ2) is 11.2. The van der Waals surface area contributed by atoms with E-state index < -0.39 is 5.82 Å². The molecular weight excluding hydrogens is 536 g/mol. The molecule has 1 amide bonds. The molecule has 0 aliphatic rings. The highest BCUT2D eigenvalue weighted by Gasteiger charge is 2.21. The molecule has 6 nitrogen and oxygen atoms in total. The van der Waals surface area contributed by atoms with E-state index in [0.29, 0.717) is 38.0 Å². The number of halogens is 3. The molecule has 0 unspecified atom stereocenters. The molecule has 3 aromatic carbocycles. The molecule has 0 aliphatic carbocycles. The number of nitrogens with zero attached hydrogens (tertiary/aromatic N) is 4. The van der Waals surface area contributed by atoms with E-state index in [2.05, 4.69) is 20.5 Å². The van der Waals surface area contributed by atoms with Gasteiger partial charge in [0.25, 0.3) is 5.91 Å². The molecule has 37 heavy (non-hydrogen) atoms. The molecule has 0 bridgehead atoms. The van der Waals surface area contributed by atoms with Gasteiger partial charge in [-0.15, -0.1) is 21.5 Å². The van der Waals surface area contributed by atoms with Gasteiger partial charge in [0.05, 0.1) is 16.5 Å². The SMILES string of the molecule is O=C(NCc1ccc(F)cc1)c1csc(CSc2nnc(-c3ccccc3Cl)n2-c2ccccc2F)n1. The number of carbonyl (C=O) groups excluding carboxylic acids is 1. The van der Waals surface area contributed by atoms with Crippen LogP contribution in [-0.2, 0) is 12.3 Å². The topological polar surface area (TPSA) is 72.7 Å². The van der Waals surface area contributed by atoms with Crippen LogP contribution < -0.4 is 5.32 Å². The first-order valence-corrected chi connectivity index (χ1v) is 13.3. The number of thiazole rings is 1. The summed E-state index contributed by atoms with van der Waals surface area (Å²) in [5.41, 5.74) is 1.99. The van der Waals surface area contributed by atoms with Crippen LogP contribution in [0.3, 0.4) is 0 Å². The van der Waals surface area contributed by atoms with Gasteiger partial charge in [-0.25, -0.2) is 13.8 Å². The Kier molecular flexibility index (Phi) is 7.59. The van der Waals surface area contributed by atoms with E-state index in [1.807, 2.05) is 6.07 Å². The van der Waals surface area contributed by atoms with Gasteiger partial charge in [-0.05, 0) is 42.0 Å². The van der Waals surface area contributed by atoms with Crippen molar-refractivity contribution in [3.8, 4) is 17.1 Å². The van der Waals surface area contributed by atoms with E-state index in [1.165, 1.54) is 41.3 Å². The summed E-state index contributed by atoms with van der Waals surface area (Å²) in [5.74, 6) is -0.274. The zero-order chi connectivity index (χ0) is 25.8. The number of aromatic nitrogens is 4. The molecule has 0 saturated carbocycles. The van der Waals surface area contributed by atoms with Crippen LogP contribution >= 0.6 is 34.7 Å². The predicted molar refractivity (Wildman–Crippen MR) is 141 cm³/mol. The lowest BCUT2D eigenvalue weighted by molar-refractivity contribution is 0.0946. The summed E-state index contributed by atoms with van der Waals surface area (Å²) in [6, 6.07) is 19.5. The van der Waals surface area contributed by atoms with Crippen LogP contribution in [0.1, 0.15) is 21.1 Å². The predicted octanol–water partition coefficient (Wildman–Crippen LogP) is 6.54. The Hall–Kier alpha value is -3.60. The van der Waals surface area contributed by atoms with Crippen molar-refractivity contribution >= 4 is 40.6 Å². The molecule has 0 radical (unpaired) electrons. The Morgan fingerprint density at radius 1 is 1.00 bits per heavy atom. The summed E-state index contributed by atoms with van der Waals surface area (Å²) in [6.07, 6.45) is 0. The molecule has 2 heterocycles. The number of thioether (sulfide) groups is 1. The first kappa shape index (κ1) is 25.1. The standard InChI is InChI=1S/C26H18ClF2N5OS2/c27-19-6-2-1-5-18(19)24-32-33-26(34(24)22-8-4-3-7-20(22)29)37-15-23-31-21(14-36-23)25(35)30-13-16-9-11-17(28)12-10-16/h1-12,14H,13,15H2,(H,30,35). The van der Waals surface area contributed by atoms with Crippen molar-refractivity contribution in [2.24, 2.45) is 0 Å². The van der Waals surface area contributed by atoms with Gasteiger partial charge in [-0.3, -0.25) is 9.36 Å². The van der Waals surface area contributed by atoms with Gasteiger partial charge in [0.2, 0.25) is 0 Å². The van der Waals surface area contributed by atoms with Crippen LogP contribution in [0.25, 0.3) is 17.1 Å². The van der Waals surface area contributed by atoms with Crippen LogP contribution in [0.5, 0.6) is 0 Å². The monoisotopic (exact) mass is 553 g/mol. The average molecular weight is 554 g/mol. The molecule has 0 spiro atoms. The maximum absolute atomic E-state index is 14.8. The minimum atomic E-state index is -0.424. The third kappa shape index (κ3) is 5.71. The first-order chi connectivity index (χ1) is 18.0. The minimum Gasteiger partial charge on any atom is -0.347 e. The summed E-state index contributed by atoms with van der Waals surface area (Å²) in [5, 5.41) is 14.7. The minimum absolute atomic E-state index is 0.261. The second-order valence-electron chi connectivity index (χ2n) is 7.80. The molecule has 0 atom stereocenters. The Labute approximate surface area is 224 Å². The smallest absolute Gasteiger partial charge is 0.271 e. The molecule has 1 N–H and O–H groups in total. The van der Waals surface area contributed by atoms with Crippen molar-refractivity contribution in [3.05, 3.63) is 111 Å². The third-order valence-corrected chi connectivity index (χ3v) is 7.62. The highest BCUT2D eigenvalue weighted by Crippen LogP contribution is 2.34. The average Bonchev–Trinajstić information content (AvgIpc) is 3.55. The van der Waals surface area contributed by atoms with Gasteiger partial charge in [0.15, 0.2) is 11.0 Å². The van der Waals surface area contributed by atoms with Gasteiger partial charge < -0.3 is 5.32 Å². The Morgan fingerprint density at radius 3 is 2.54 bits per heavy atom. The van der Waals surface area contributed by atoms with Crippen LogP contribution in [0.2, 0.25) is 5.02 Å². The van der Waals surface area contributed by atoms with Gasteiger partial charge in [-0.1, -0.05) is 59.8 Å². The maximum atomic E-state index is 14.8. The van der Waals surface area contributed by atoms with Crippen LogP contribution in [0.15, 0.2) is 83.3 Å². The molecule has 5 rings (SSSR count). The fourth-order valence-corrected chi connectivity index (χ4v) is 5.47. The highest BCUT2D eigenvalue weighted by molar-refractivity contribution is 7.98. The molecule has 11 heteroatoms. The van der Waals surface area contributed by atoms with E-state index in [-0.39, 0.29) is 24.0 Å². The number of hydrogen-bond donors (Lipinski definition) is 1. The van der Waals surface area contributed by atoms with Gasteiger partial charge in [0.1, 0.15) is 22.3 Å². The number of carbonyl (C=O) groups is 1. The molecule has 2 aromatic heterocycles. The van der Waals surface area contributed by atoms with Crippen molar-refractivity contribution < 1.29 is 13.6 Å². The fraction of sp³-hybridized carbons (Fsp3) is 0.0769. The zero-order valence-corrected chi connectivity index (χ0v) is 21.5. The normalized spacial score (nSPS) is 11.0. The van der Waals surface area contributed by atoms with Crippen molar-refractivity contribution in [1.29, 1.82) is 0 Å². The third-order valence-electron chi connectivity index (χ3n) is 5.32. The Balaban J connectivity index is 1.34. The quantitative estimate of drug-likeness (QED) is 0.221. The summed E-state index contributed by atoms with van der Waals surface area (Å²) < 4.78 is 29.5. The molecule has 0 fully saturated rings. The maximum Gasteiger partial charge on any atom is 0.271 e. The fourth-order valence-electron chi connectivity index (χ4n) is 3.51. The number of nitrogens with one attached hydrogen (secondary N) is 1. The molecular formula is C26H18ClF2N5OS2. The lowest BCUT2D eigenvalue weighted by Crippen LogP contribution is -2.23. The summed E-state index contributed by atoms with van der Waals surface area (Å²) in [4.78, 5) is 16.9. The van der Waals surface area contributed by atoms with E-state index in [9.17, 15) is 13.6 Å². The van der Waals surface area contributed by atoms with Crippen molar-refractivity contribution in [2.75, 3.05) is 0 Å². The number of hydrogen-bond acceptors (Lipinski definition) is 6. The van der Waals surface area contributed by atoms with Gasteiger partial charge in [-0.2, -0.15) is 0 Å². The Bertz CT molecular complexity index is 1550. The Morgan fingerprint density at radius 2 is 1.76 bits per heavy atom. The molecule has 0 saturated heterocycles. The molecule has 5 aromatic rings. The first-order valence-electron chi connectivity index (χ1n) is 11.0. The van der Waals surface area contributed by atoms with E-state index in [4.69, 9.17) is 11.6 Å². The lowest BCUT2D eigenvalue weighted by Gasteiger charge is -2.11. The van der Waals surface area contributed by atoms with Gasteiger partial charge in [0, 0.05) is 17.5 Å². The zero-order valence-electron chi connectivity index (χ0n) is 19.1. The molecule has 0 aliphatic heterocycles. The van der Waals surface area contributed by atoms with E-state index in [1.54, 1.807) is 58.5 Å². The summed E-state index contributed by atoms with van der Waals surface area (Å²) in [7, 11) is 0. The highest BCUT2D eigenvalue weighted by atomic mass is 35.5. The number of amides is 1. The number of rotatable bonds is 8. The number of benzene rings is 3.